The number of nitrogens with one attached hydrogen (secondary N) is 1. The number of ether oxygens (including phenoxy) is 4. The summed E-state index contributed by atoms with van der Waals surface area (Å²) < 4.78 is 66.3. The minimum absolute atomic E-state index is 0.0192. The summed E-state index contributed by atoms with van der Waals surface area (Å²) in [4.78, 5) is 41.5. The molecule has 1 N–H and O–H groups in total. The Labute approximate surface area is 218 Å². The SMILES string of the molecule is COc1cc(C(=O)N[C@@]2(C(F)(F)F)C(=O)N(C[C@H]3CCCO3)C3=C2C(=O)CC(C)(C)C3)cc(OC)c1OC. The highest BCUT2D eigenvalue weighted by atomic mass is 19.4. The van der Waals surface area contributed by atoms with Crippen LogP contribution in [0.2, 0.25) is 0 Å². The van der Waals surface area contributed by atoms with Crippen LogP contribution in [0.25, 0.3) is 0 Å². The third kappa shape index (κ3) is 4.48. The number of hydrogen-bond acceptors (Lipinski definition) is 7. The second kappa shape index (κ2) is 9.79. The number of rotatable bonds is 7. The number of methoxy groups -OCH3 is 3. The molecule has 3 aliphatic rings. The molecule has 1 fully saturated rings. The maximum absolute atomic E-state index is 15.0. The summed E-state index contributed by atoms with van der Waals surface area (Å²) in [5.41, 5.74) is -5.25. The molecule has 12 heteroatoms. The average molecular weight is 541 g/mol. The predicted molar refractivity (Wildman–Crippen MR) is 128 cm³/mol. The highest BCUT2D eigenvalue weighted by Crippen LogP contribution is 2.52. The fourth-order valence-corrected chi connectivity index (χ4v) is 5.47. The molecular formula is C26H31F3N2O7. The first-order valence-electron chi connectivity index (χ1n) is 12.2. The summed E-state index contributed by atoms with van der Waals surface area (Å²) in [6, 6.07) is 2.34. The Kier molecular flexibility index (Phi) is 7.15. The molecule has 208 valence electrons. The molecule has 2 heterocycles. The Hall–Kier alpha value is -3.28. The van der Waals surface area contributed by atoms with Crippen molar-refractivity contribution in [2.24, 2.45) is 5.41 Å². The van der Waals surface area contributed by atoms with Gasteiger partial charge in [0.2, 0.25) is 11.3 Å². The molecule has 1 saturated heterocycles. The zero-order valence-electron chi connectivity index (χ0n) is 21.9. The molecule has 1 aliphatic carbocycles. The number of halogens is 3. The van der Waals surface area contributed by atoms with Crippen molar-refractivity contribution >= 4 is 17.6 Å². The van der Waals surface area contributed by atoms with Crippen LogP contribution in [0.5, 0.6) is 17.2 Å². The van der Waals surface area contributed by atoms with Crippen LogP contribution in [0.4, 0.5) is 13.2 Å². The summed E-state index contributed by atoms with van der Waals surface area (Å²) in [5, 5.41) is 1.92. The van der Waals surface area contributed by atoms with E-state index in [0.29, 0.717) is 19.4 Å². The van der Waals surface area contributed by atoms with Crippen molar-refractivity contribution in [3.05, 3.63) is 29.0 Å². The highest BCUT2D eigenvalue weighted by molar-refractivity contribution is 6.14. The Bertz CT molecular complexity index is 1160. The van der Waals surface area contributed by atoms with Crippen molar-refractivity contribution in [2.45, 2.75) is 57.3 Å². The van der Waals surface area contributed by atoms with Crippen LogP contribution in [0.15, 0.2) is 23.4 Å². The number of benzene rings is 1. The summed E-state index contributed by atoms with van der Waals surface area (Å²) in [6.07, 6.45) is -4.65. The van der Waals surface area contributed by atoms with Gasteiger partial charge in [-0.05, 0) is 36.8 Å². The number of carbonyl (C=O) groups is 3. The number of carbonyl (C=O) groups excluding carboxylic acids is 3. The van der Waals surface area contributed by atoms with Crippen molar-refractivity contribution in [2.75, 3.05) is 34.5 Å². The van der Waals surface area contributed by atoms with Crippen LogP contribution in [0, 0.1) is 5.41 Å². The monoisotopic (exact) mass is 540 g/mol. The molecule has 0 unspecified atom stereocenters. The van der Waals surface area contributed by atoms with Gasteiger partial charge < -0.3 is 29.2 Å². The minimum atomic E-state index is -5.32. The number of ketones is 1. The standard InChI is InChI=1S/C26H31F3N2O7/c1-24(2)11-16-20(17(32)12-24)25(26(27,28)29,23(34)31(16)13-15-7-6-8-38-15)30-22(33)14-9-18(35-3)21(37-5)19(10-14)36-4/h9-10,15H,6-8,11-13H2,1-5H3,(H,30,33)/t15-,25-/m1/s1. The van der Waals surface area contributed by atoms with E-state index in [1.807, 2.05) is 5.32 Å². The number of Topliss-reactive ketones (excluding diaryl/α,β-unsaturated/α-hetero) is 1. The van der Waals surface area contributed by atoms with Crippen LogP contribution in [-0.4, -0.2) is 74.8 Å². The van der Waals surface area contributed by atoms with E-state index < -0.39 is 46.4 Å². The Morgan fingerprint density at radius 3 is 2.24 bits per heavy atom. The van der Waals surface area contributed by atoms with E-state index >= 15 is 13.2 Å². The number of hydrogen-bond donors (Lipinski definition) is 1. The number of amides is 2. The van der Waals surface area contributed by atoms with Crippen molar-refractivity contribution in [3.63, 3.8) is 0 Å². The maximum Gasteiger partial charge on any atom is 0.425 e. The zero-order valence-corrected chi connectivity index (χ0v) is 21.9. The van der Waals surface area contributed by atoms with Crippen LogP contribution in [0.3, 0.4) is 0 Å². The summed E-state index contributed by atoms with van der Waals surface area (Å²) in [6.45, 7) is 3.81. The van der Waals surface area contributed by atoms with Gasteiger partial charge in [0.1, 0.15) is 0 Å². The molecule has 9 nitrogen and oxygen atoms in total. The second-order valence-electron chi connectivity index (χ2n) is 10.4. The van der Waals surface area contributed by atoms with Crippen molar-refractivity contribution < 1.29 is 46.5 Å². The lowest BCUT2D eigenvalue weighted by atomic mass is 9.72. The highest BCUT2D eigenvalue weighted by Gasteiger charge is 2.71. The van der Waals surface area contributed by atoms with E-state index in [-0.39, 0.29) is 47.9 Å². The van der Waals surface area contributed by atoms with Crippen LogP contribution >= 0.6 is 0 Å². The second-order valence-corrected chi connectivity index (χ2v) is 10.4. The molecule has 0 radical (unpaired) electrons. The van der Waals surface area contributed by atoms with E-state index in [1.165, 1.54) is 33.5 Å². The van der Waals surface area contributed by atoms with Gasteiger partial charge in [0.25, 0.3) is 11.8 Å². The normalized spacial score (nSPS) is 24.9. The molecule has 0 aromatic heterocycles. The average Bonchev–Trinajstić information content (AvgIpc) is 3.43. The van der Waals surface area contributed by atoms with Gasteiger partial charge in [-0.2, -0.15) is 13.2 Å². The van der Waals surface area contributed by atoms with Gasteiger partial charge in [0, 0.05) is 24.3 Å². The third-order valence-corrected chi connectivity index (χ3v) is 7.18. The lowest BCUT2D eigenvalue weighted by Crippen LogP contribution is -2.66. The molecule has 0 bridgehead atoms. The Morgan fingerprint density at radius 1 is 1.11 bits per heavy atom. The van der Waals surface area contributed by atoms with Crippen LogP contribution < -0.4 is 19.5 Å². The largest absolute Gasteiger partial charge is 0.493 e. The van der Waals surface area contributed by atoms with Crippen molar-refractivity contribution in [1.29, 1.82) is 0 Å². The molecule has 38 heavy (non-hydrogen) atoms. The molecule has 2 atom stereocenters. The lowest BCUT2D eigenvalue weighted by molar-refractivity contribution is -0.191. The van der Waals surface area contributed by atoms with Crippen molar-refractivity contribution in [3.8, 4) is 17.2 Å². The van der Waals surface area contributed by atoms with Gasteiger partial charge in [-0.25, -0.2) is 0 Å². The molecule has 2 aliphatic heterocycles. The van der Waals surface area contributed by atoms with Crippen LogP contribution in [-0.2, 0) is 14.3 Å². The fraction of sp³-hybridized carbons (Fsp3) is 0.577. The summed E-state index contributed by atoms with van der Waals surface area (Å²) in [7, 11) is 3.92. The molecule has 0 saturated carbocycles. The number of alkyl halides is 3. The lowest BCUT2D eigenvalue weighted by Gasteiger charge is -2.35. The molecule has 4 rings (SSSR count). The van der Waals surface area contributed by atoms with Crippen molar-refractivity contribution in [1.82, 2.24) is 10.2 Å². The fourth-order valence-electron chi connectivity index (χ4n) is 5.47. The van der Waals surface area contributed by atoms with E-state index in [4.69, 9.17) is 18.9 Å². The Balaban J connectivity index is 1.84. The first-order valence-corrected chi connectivity index (χ1v) is 12.2. The first-order chi connectivity index (χ1) is 17.8. The smallest absolute Gasteiger partial charge is 0.425 e. The van der Waals surface area contributed by atoms with E-state index in [2.05, 4.69) is 0 Å². The molecule has 2 amide bonds. The first kappa shape index (κ1) is 27.7. The van der Waals surface area contributed by atoms with Crippen LogP contribution in [0.1, 0.15) is 49.9 Å². The predicted octanol–water partition coefficient (Wildman–Crippen LogP) is 3.41. The molecular weight excluding hydrogens is 509 g/mol. The van der Waals surface area contributed by atoms with E-state index in [9.17, 15) is 14.4 Å². The Morgan fingerprint density at radius 2 is 1.74 bits per heavy atom. The number of nitrogens with zero attached hydrogens (tertiary/aromatic N) is 1. The quantitative estimate of drug-likeness (QED) is 0.566. The third-order valence-electron chi connectivity index (χ3n) is 7.18. The van der Waals surface area contributed by atoms with Gasteiger partial charge in [-0.1, -0.05) is 13.8 Å². The molecule has 1 aromatic carbocycles. The van der Waals surface area contributed by atoms with E-state index in [1.54, 1.807) is 13.8 Å². The zero-order chi connectivity index (χ0) is 28.0. The van der Waals surface area contributed by atoms with Gasteiger partial charge in [0.15, 0.2) is 17.3 Å². The number of allylic oxidation sites excluding steroid dienone is 1. The van der Waals surface area contributed by atoms with Gasteiger partial charge in [0.05, 0.1) is 39.6 Å². The summed E-state index contributed by atoms with van der Waals surface area (Å²) in [5.74, 6) is -3.29. The summed E-state index contributed by atoms with van der Waals surface area (Å²) >= 11 is 0. The molecule has 1 aromatic rings. The molecule has 0 spiro atoms. The maximum atomic E-state index is 15.0. The van der Waals surface area contributed by atoms with Gasteiger partial charge in [-0.15, -0.1) is 0 Å². The van der Waals surface area contributed by atoms with Gasteiger partial charge in [-0.3, -0.25) is 14.4 Å². The van der Waals surface area contributed by atoms with E-state index in [0.717, 1.165) is 4.90 Å². The van der Waals surface area contributed by atoms with Gasteiger partial charge >= 0.3 is 6.18 Å². The minimum Gasteiger partial charge on any atom is -0.493 e. The topological polar surface area (TPSA) is 103 Å².